The summed E-state index contributed by atoms with van der Waals surface area (Å²) < 4.78 is 1.74. The average Bonchev–Trinajstić information content (AvgIpc) is 2.71. The quantitative estimate of drug-likeness (QED) is 0.709. The number of nitrogens with zero attached hydrogens (tertiary/aromatic N) is 3. The van der Waals surface area contributed by atoms with Crippen LogP contribution in [0.1, 0.15) is 11.1 Å². The zero-order valence-corrected chi connectivity index (χ0v) is 10.4. The van der Waals surface area contributed by atoms with Crippen LogP contribution in [0.2, 0.25) is 0 Å². The number of hydrogen-bond donors (Lipinski definition) is 1. The second-order valence-corrected chi connectivity index (χ2v) is 4.46. The highest BCUT2D eigenvalue weighted by atomic mass is 15.3. The van der Waals surface area contributed by atoms with Crippen molar-refractivity contribution in [1.82, 2.24) is 14.6 Å². The van der Waals surface area contributed by atoms with E-state index in [1.165, 1.54) is 11.1 Å². The number of benzene rings is 1. The molecule has 3 aromatic rings. The molecule has 0 aliphatic rings. The number of pyridine rings is 1. The molecule has 0 amide bonds. The van der Waals surface area contributed by atoms with Gasteiger partial charge in [0.15, 0.2) is 5.65 Å². The Hall–Kier alpha value is -2.36. The van der Waals surface area contributed by atoms with E-state index in [9.17, 15) is 0 Å². The van der Waals surface area contributed by atoms with Gasteiger partial charge in [-0.2, -0.15) is 4.98 Å². The highest BCUT2D eigenvalue weighted by Gasteiger charge is 2.08. The molecule has 0 saturated heterocycles. The lowest BCUT2D eigenvalue weighted by Crippen LogP contribution is -1.93. The highest BCUT2D eigenvalue weighted by molar-refractivity contribution is 5.69. The van der Waals surface area contributed by atoms with Gasteiger partial charge in [0, 0.05) is 11.8 Å². The van der Waals surface area contributed by atoms with Gasteiger partial charge >= 0.3 is 0 Å². The van der Waals surface area contributed by atoms with E-state index in [0.717, 1.165) is 16.8 Å². The Labute approximate surface area is 105 Å². The summed E-state index contributed by atoms with van der Waals surface area (Å²) in [6, 6.07) is 10.4. The Bertz CT molecular complexity index is 728. The Balaban J connectivity index is 2.28. The lowest BCUT2D eigenvalue weighted by Gasteiger charge is -2.07. The van der Waals surface area contributed by atoms with E-state index in [2.05, 4.69) is 35.2 Å². The predicted molar refractivity (Wildman–Crippen MR) is 72.3 cm³/mol. The van der Waals surface area contributed by atoms with Gasteiger partial charge < -0.3 is 5.73 Å². The van der Waals surface area contributed by atoms with E-state index >= 15 is 0 Å². The zero-order valence-electron chi connectivity index (χ0n) is 10.4. The number of nitrogen functional groups attached to an aromatic ring is 1. The van der Waals surface area contributed by atoms with Crippen LogP contribution < -0.4 is 5.73 Å². The van der Waals surface area contributed by atoms with Crippen molar-refractivity contribution in [2.45, 2.75) is 13.8 Å². The van der Waals surface area contributed by atoms with Gasteiger partial charge in [0.05, 0.1) is 0 Å². The van der Waals surface area contributed by atoms with Crippen molar-refractivity contribution in [2.75, 3.05) is 5.73 Å². The minimum atomic E-state index is 0.306. The summed E-state index contributed by atoms with van der Waals surface area (Å²) >= 11 is 0. The number of aromatic nitrogens is 3. The molecular weight excluding hydrogens is 224 g/mol. The molecule has 0 aliphatic carbocycles. The molecule has 0 aliphatic heterocycles. The highest BCUT2D eigenvalue weighted by Crippen LogP contribution is 2.25. The van der Waals surface area contributed by atoms with Crippen LogP contribution in [0.25, 0.3) is 16.8 Å². The first-order chi connectivity index (χ1) is 8.65. The summed E-state index contributed by atoms with van der Waals surface area (Å²) in [5.74, 6) is 0.306. The summed E-state index contributed by atoms with van der Waals surface area (Å²) in [6.07, 6.45) is 1.97. The maximum atomic E-state index is 5.64. The molecule has 18 heavy (non-hydrogen) atoms. The number of hydrogen-bond acceptors (Lipinski definition) is 3. The third kappa shape index (κ3) is 1.62. The molecule has 0 unspecified atom stereocenters. The van der Waals surface area contributed by atoms with Crippen molar-refractivity contribution >= 4 is 11.6 Å². The Morgan fingerprint density at radius 1 is 1.11 bits per heavy atom. The fraction of sp³-hybridized carbons (Fsp3) is 0.143. The fourth-order valence-corrected chi connectivity index (χ4v) is 2.21. The summed E-state index contributed by atoms with van der Waals surface area (Å²) in [4.78, 5) is 4.20. The van der Waals surface area contributed by atoms with Crippen molar-refractivity contribution in [3.63, 3.8) is 0 Å². The van der Waals surface area contributed by atoms with Crippen molar-refractivity contribution in [3.8, 4) is 11.1 Å². The van der Waals surface area contributed by atoms with Gasteiger partial charge in [-0.15, -0.1) is 5.10 Å². The van der Waals surface area contributed by atoms with Crippen LogP contribution in [0.3, 0.4) is 0 Å². The van der Waals surface area contributed by atoms with Crippen LogP contribution in [-0.2, 0) is 0 Å². The first-order valence-corrected chi connectivity index (χ1v) is 5.83. The van der Waals surface area contributed by atoms with E-state index in [1.807, 2.05) is 25.3 Å². The summed E-state index contributed by atoms with van der Waals surface area (Å²) in [5, 5.41) is 4.17. The van der Waals surface area contributed by atoms with Crippen LogP contribution in [-0.4, -0.2) is 14.6 Å². The molecule has 1 aromatic carbocycles. The summed E-state index contributed by atoms with van der Waals surface area (Å²) in [6.45, 7) is 4.12. The summed E-state index contributed by atoms with van der Waals surface area (Å²) in [5.41, 5.74) is 11.1. The number of fused-ring (bicyclic) bond motifs is 1. The molecule has 0 atom stereocenters. The topological polar surface area (TPSA) is 56.2 Å². The van der Waals surface area contributed by atoms with E-state index < -0.39 is 0 Å². The van der Waals surface area contributed by atoms with Gasteiger partial charge in [-0.05, 0) is 36.6 Å². The monoisotopic (exact) mass is 238 g/mol. The maximum absolute atomic E-state index is 5.64. The standard InChI is InChI=1S/C14H14N4/c1-9-5-3-4-6-12(9)11-7-10(2)13-16-14(15)17-18(13)8-11/h3-8H,1-2H3,(H2,15,17). The van der Waals surface area contributed by atoms with Crippen LogP contribution in [0, 0.1) is 13.8 Å². The minimum Gasteiger partial charge on any atom is -0.366 e. The van der Waals surface area contributed by atoms with Crippen LogP contribution >= 0.6 is 0 Å². The molecule has 2 heterocycles. The molecular formula is C14H14N4. The number of aryl methyl sites for hydroxylation is 2. The molecule has 0 bridgehead atoms. The molecule has 0 spiro atoms. The van der Waals surface area contributed by atoms with Crippen molar-refractivity contribution < 1.29 is 0 Å². The van der Waals surface area contributed by atoms with Gasteiger partial charge in [-0.25, -0.2) is 4.52 Å². The van der Waals surface area contributed by atoms with Crippen molar-refractivity contribution in [1.29, 1.82) is 0 Å². The molecule has 0 fully saturated rings. The maximum Gasteiger partial charge on any atom is 0.240 e. The molecule has 0 radical (unpaired) electrons. The van der Waals surface area contributed by atoms with Gasteiger partial charge in [-0.1, -0.05) is 24.3 Å². The second-order valence-electron chi connectivity index (χ2n) is 4.46. The Kier molecular flexibility index (Phi) is 2.30. The molecule has 2 aromatic heterocycles. The normalized spacial score (nSPS) is 11.0. The molecule has 4 heteroatoms. The third-order valence-electron chi connectivity index (χ3n) is 3.09. The largest absolute Gasteiger partial charge is 0.366 e. The average molecular weight is 238 g/mol. The van der Waals surface area contributed by atoms with Gasteiger partial charge in [0.25, 0.3) is 0 Å². The number of anilines is 1. The van der Waals surface area contributed by atoms with Crippen molar-refractivity contribution in [3.05, 3.63) is 47.7 Å². The molecule has 3 rings (SSSR count). The molecule has 90 valence electrons. The van der Waals surface area contributed by atoms with Crippen LogP contribution in [0.5, 0.6) is 0 Å². The molecule has 4 nitrogen and oxygen atoms in total. The number of nitrogens with two attached hydrogens (primary N) is 1. The predicted octanol–water partition coefficient (Wildman–Crippen LogP) is 2.60. The zero-order chi connectivity index (χ0) is 12.7. The van der Waals surface area contributed by atoms with Gasteiger partial charge in [0.2, 0.25) is 5.95 Å². The van der Waals surface area contributed by atoms with Gasteiger partial charge in [0.1, 0.15) is 0 Å². The Morgan fingerprint density at radius 2 is 1.89 bits per heavy atom. The van der Waals surface area contributed by atoms with E-state index in [0.29, 0.717) is 5.95 Å². The van der Waals surface area contributed by atoms with Gasteiger partial charge in [-0.3, -0.25) is 0 Å². The van der Waals surface area contributed by atoms with E-state index in [-0.39, 0.29) is 0 Å². The smallest absolute Gasteiger partial charge is 0.240 e. The van der Waals surface area contributed by atoms with E-state index in [1.54, 1.807) is 4.52 Å². The molecule has 2 N–H and O–H groups in total. The fourth-order valence-electron chi connectivity index (χ4n) is 2.21. The van der Waals surface area contributed by atoms with E-state index in [4.69, 9.17) is 5.73 Å². The molecule has 0 saturated carbocycles. The van der Waals surface area contributed by atoms with Crippen LogP contribution in [0.4, 0.5) is 5.95 Å². The summed E-state index contributed by atoms with van der Waals surface area (Å²) in [7, 11) is 0. The second kappa shape index (κ2) is 3.84. The van der Waals surface area contributed by atoms with Crippen LogP contribution in [0.15, 0.2) is 36.5 Å². The third-order valence-corrected chi connectivity index (χ3v) is 3.09. The minimum absolute atomic E-state index is 0.306. The lowest BCUT2D eigenvalue weighted by molar-refractivity contribution is 0.964. The Morgan fingerprint density at radius 3 is 2.67 bits per heavy atom. The number of rotatable bonds is 1. The first-order valence-electron chi connectivity index (χ1n) is 5.83. The SMILES string of the molecule is Cc1ccccc1-c1cc(C)c2nc(N)nn2c1. The van der Waals surface area contributed by atoms with Crippen molar-refractivity contribution in [2.24, 2.45) is 0 Å². The first kappa shape index (κ1) is 10.8. The lowest BCUT2D eigenvalue weighted by atomic mass is 10.0.